The van der Waals surface area contributed by atoms with Crippen LogP contribution in [0.25, 0.3) is 0 Å². The molecule has 112 valence electrons. The fraction of sp³-hybridized carbons (Fsp3) is 0.929. The molecule has 1 heterocycles. The topological polar surface area (TPSA) is 87.0 Å². The van der Waals surface area contributed by atoms with Gasteiger partial charge < -0.3 is 20.1 Å². The van der Waals surface area contributed by atoms with Crippen molar-refractivity contribution in [3.05, 3.63) is 0 Å². The lowest BCUT2D eigenvalue weighted by Gasteiger charge is -2.50. The molecular weight excluding hydrogens is 248 g/mol. The lowest BCUT2D eigenvalue weighted by molar-refractivity contribution is -0.245. The largest absolute Gasteiger partial charge is 0.479 e. The number of aliphatic hydroxyl groups is 2. The average molecular weight is 274 g/mol. The van der Waals surface area contributed by atoms with Crippen LogP contribution in [-0.2, 0) is 9.53 Å². The molecule has 3 N–H and O–H groups in total. The minimum absolute atomic E-state index is 0.447. The number of hydrogen-bond acceptors (Lipinski definition) is 4. The normalized spacial score (nSPS) is 37.2. The van der Waals surface area contributed by atoms with Crippen LogP contribution < -0.4 is 0 Å². The Hall–Kier alpha value is -0.650. The van der Waals surface area contributed by atoms with Crippen molar-refractivity contribution in [2.24, 2.45) is 16.7 Å². The van der Waals surface area contributed by atoms with Gasteiger partial charge in [0.15, 0.2) is 6.10 Å². The van der Waals surface area contributed by atoms with E-state index in [0.717, 1.165) is 0 Å². The van der Waals surface area contributed by atoms with E-state index < -0.39 is 47.1 Å². The molecular formula is C14H26O5. The summed E-state index contributed by atoms with van der Waals surface area (Å²) in [4.78, 5) is 11.4. The van der Waals surface area contributed by atoms with Crippen molar-refractivity contribution in [3.63, 3.8) is 0 Å². The summed E-state index contributed by atoms with van der Waals surface area (Å²) >= 11 is 0. The van der Waals surface area contributed by atoms with Crippen molar-refractivity contribution < 1.29 is 24.9 Å². The molecule has 5 nitrogen and oxygen atoms in total. The number of carbonyl (C=O) groups is 1. The van der Waals surface area contributed by atoms with Crippen LogP contribution in [0.5, 0.6) is 0 Å². The first kappa shape index (κ1) is 16.4. The van der Waals surface area contributed by atoms with Crippen LogP contribution in [0, 0.1) is 16.7 Å². The van der Waals surface area contributed by atoms with Gasteiger partial charge in [0.2, 0.25) is 0 Å². The fourth-order valence-electron chi connectivity index (χ4n) is 2.79. The second-order valence-corrected chi connectivity index (χ2v) is 7.55. The van der Waals surface area contributed by atoms with E-state index in [-0.39, 0.29) is 0 Å². The van der Waals surface area contributed by atoms with Crippen LogP contribution in [0.15, 0.2) is 0 Å². The summed E-state index contributed by atoms with van der Waals surface area (Å²) in [5, 5.41) is 29.9. The van der Waals surface area contributed by atoms with Gasteiger partial charge >= 0.3 is 5.97 Å². The highest BCUT2D eigenvalue weighted by molar-refractivity contribution is 5.73. The van der Waals surface area contributed by atoms with Crippen molar-refractivity contribution in [2.75, 3.05) is 0 Å². The Morgan fingerprint density at radius 2 is 1.42 bits per heavy atom. The Kier molecular flexibility index (Phi) is 4.35. The number of rotatable bonds is 1. The Labute approximate surface area is 114 Å². The molecule has 1 fully saturated rings. The Morgan fingerprint density at radius 1 is 0.947 bits per heavy atom. The summed E-state index contributed by atoms with van der Waals surface area (Å²) in [6.07, 6.45) is -4.01. The summed E-state index contributed by atoms with van der Waals surface area (Å²) in [5.41, 5.74) is -0.927. The smallest absolute Gasteiger partial charge is 0.333 e. The molecule has 0 aliphatic carbocycles. The van der Waals surface area contributed by atoms with Gasteiger partial charge in [-0.1, -0.05) is 41.5 Å². The minimum Gasteiger partial charge on any atom is -0.479 e. The van der Waals surface area contributed by atoms with Gasteiger partial charge in [-0.25, -0.2) is 4.79 Å². The zero-order valence-corrected chi connectivity index (χ0v) is 12.5. The van der Waals surface area contributed by atoms with E-state index >= 15 is 0 Å². The minimum atomic E-state index is -1.11. The van der Waals surface area contributed by atoms with Crippen molar-refractivity contribution in [1.29, 1.82) is 0 Å². The van der Waals surface area contributed by atoms with E-state index in [0.29, 0.717) is 0 Å². The summed E-state index contributed by atoms with van der Waals surface area (Å²) in [7, 11) is 0. The summed E-state index contributed by atoms with van der Waals surface area (Å²) in [6, 6.07) is 0. The zero-order valence-electron chi connectivity index (χ0n) is 12.5. The molecule has 0 spiro atoms. The number of carboxylic acids is 1. The van der Waals surface area contributed by atoms with E-state index in [1.54, 1.807) is 0 Å². The van der Waals surface area contributed by atoms with E-state index in [2.05, 4.69) is 0 Å². The zero-order chi connectivity index (χ0) is 15.2. The number of aliphatic hydroxyl groups excluding tert-OH is 2. The highest BCUT2D eigenvalue weighted by atomic mass is 16.5. The lowest BCUT2D eigenvalue weighted by atomic mass is 9.68. The van der Waals surface area contributed by atoms with Gasteiger partial charge in [0.1, 0.15) is 6.10 Å². The predicted octanol–water partition coefficient (Wildman–Crippen LogP) is 1.27. The lowest BCUT2D eigenvalue weighted by Crippen LogP contribution is -2.62. The SMILES string of the molecule is CC(C)(C)[C@@H]1OC(C(=O)O)[C@H](C(C)(C)C)[C@@H](O)C1O. The third-order valence-electron chi connectivity index (χ3n) is 3.74. The quantitative estimate of drug-likeness (QED) is 0.670. The molecule has 0 aromatic carbocycles. The van der Waals surface area contributed by atoms with Crippen molar-refractivity contribution in [1.82, 2.24) is 0 Å². The maximum absolute atomic E-state index is 11.4. The molecule has 0 amide bonds. The summed E-state index contributed by atoms with van der Waals surface area (Å²) in [5.74, 6) is -1.75. The second-order valence-electron chi connectivity index (χ2n) is 7.55. The molecule has 0 bridgehead atoms. The third-order valence-corrected chi connectivity index (χ3v) is 3.74. The molecule has 5 heteroatoms. The Balaban J connectivity index is 3.15. The van der Waals surface area contributed by atoms with Gasteiger partial charge in [-0.3, -0.25) is 0 Å². The van der Waals surface area contributed by atoms with Gasteiger partial charge in [-0.2, -0.15) is 0 Å². The molecule has 0 aromatic heterocycles. The van der Waals surface area contributed by atoms with Crippen molar-refractivity contribution in [3.8, 4) is 0 Å². The van der Waals surface area contributed by atoms with Gasteiger partial charge in [0.05, 0.1) is 12.2 Å². The van der Waals surface area contributed by atoms with E-state index in [9.17, 15) is 20.1 Å². The van der Waals surface area contributed by atoms with Gasteiger partial charge in [-0.15, -0.1) is 0 Å². The maximum Gasteiger partial charge on any atom is 0.333 e. The predicted molar refractivity (Wildman–Crippen MR) is 70.7 cm³/mol. The Bertz CT molecular complexity index is 339. The van der Waals surface area contributed by atoms with Crippen LogP contribution in [0.4, 0.5) is 0 Å². The first-order chi connectivity index (χ1) is 8.37. The average Bonchev–Trinajstić information content (AvgIpc) is 2.17. The standard InChI is InChI=1S/C14H26O5/c1-13(2,3)7-8(15)9(16)11(14(4,5)6)19-10(7)12(17)18/h7-11,15-16H,1-6H3,(H,17,18)/t7-,8-,9?,10?,11-/m1/s1. The first-order valence-corrected chi connectivity index (χ1v) is 6.61. The van der Waals surface area contributed by atoms with Crippen molar-refractivity contribution in [2.45, 2.75) is 66.0 Å². The molecule has 1 aliphatic rings. The number of aliphatic carboxylic acids is 1. The van der Waals surface area contributed by atoms with E-state index in [4.69, 9.17) is 4.74 Å². The highest BCUT2D eigenvalue weighted by Crippen LogP contribution is 2.42. The van der Waals surface area contributed by atoms with Crippen LogP contribution in [0.3, 0.4) is 0 Å². The van der Waals surface area contributed by atoms with E-state index in [1.165, 1.54) is 0 Å². The van der Waals surface area contributed by atoms with Crippen LogP contribution in [0.1, 0.15) is 41.5 Å². The third kappa shape index (κ3) is 3.27. The molecule has 1 rings (SSSR count). The van der Waals surface area contributed by atoms with Crippen molar-refractivity contribution >= 4 is 5.97 Å². The Morgan fingerprint density at radius 3 is 1.74 bits per heavy atom. The number of hydrogen-bond donors (Lipinski definition) is 3. The van der Waals surface area contributed by atoms with E-state index in [1.807, 2.05) is 41.5 Å². The molecule has 2 unspecified atom stereocenters. The molecule has 5 atom stereocenters. The van der Waals surface area contributed by atoms with Crippen LogP contribution >= 0.6 is 0 Å². The molecule has 0 saturated carbocycles. The molecule has 0 aromatic rings. The molecule has 1 aliphatic heterocycles. The maximum atomic E-state index is 11.4. The van der Waals surface area contributed by atoms with Gasteiger partial charge in [-0.05, 0) is 10.8 Å². The summed E-state index contributed by atoms with van der Waals surface area (Å²) < 4.78 is 5.62. The summed E-state index contributed by atoms with van der Waals surface area (Å²) in [6.45, 7) is 11.1. The molecule has 0 radical (unpaired) electrons. The molecule has 19 heavy (non-hydrogen) atoms. The first-order valence-electron chi connectivity index (χ1n) is 6.61. The molecule has 1 saturated heterocycles. The van der Waals surface area contributed by atoms with Crippen LogP contribution in [-0.4, -0.2) is 45.7 Å². The van der Waals surface area contributed by atoms with Gasteiger partial charge in [0, 0.05) is 5.92 Å². The number of carboxylic acid groups (broad SMARTS) is 1. The number of ether oxygens (including phenoxy) is 1. The monoisotopic (exact) mass is 274 g/mol. The van der Waals surface area contributed by atoms with Crippen LogP contribution in [0.2, 0.25) is 0 Å². The fourth-order valence-corrected chi connectivity index (χ4v) is 2.79. The highest BCUT2D eigenvalue weighted by Gasteiger charge is 2.54. The van der Waals surface area contributed by atoms with Gasteiger partial charge in [0.25, 0.3) is 0 Å². The second kappa shape index (κ2) is 5.04.